The van der Waals surface area contributed by atoms with E-state index in [1.165, 1.54) is 29.2 Å². The molecule has 25 heavy (non-hydrogen) atoms. The molecule has 0 radical (unpaired) electrons. The molecule has 1 amide bonds. The van der Waals surface area contributed by atoms with Gasteiger partial charge in [-0.3, -0.25) is 14.9 Å². The van der Waals surface area contributed by atoms with E-state index < -0.39 is 4.92 Å². The Balaban J connectivity index is 1.78. The molecule has 0 bridgehead atoms. The van der Waals surface area contributed by atoms with Crippen molar-refractivity contribution >= 4 is 46.5 Å². The van der Waals surface area contributed by atoms with Crippen LogP contribution in [0.15, 0.2) is 32.8 Å². The van der Waals surface area contributed by atoms with Crippen LogP contribution >= 0.6 is 34.9 Å². The molecule has 0 atom stereocenters. The number of aromatic nitrogens is 1. The van der Waals surface area contributed by atoms with Gasteiger partial charge in [-0.2, -0.15) is 11.8 Å². The lowest BCUT2D eigenvalue weighted by Crippen LogP contribution is -2.37. The number of nitro groups is 1. The van der Waals surface area contributed by atoms with E-state index in [0.717, 1.165) is 34.4 Å². The van der Waals surface area contributed by atoms with Gasteiger partial charge in [-0.05, 0) is 43.4 Å². The zero-order valence-corrected chi connectivity index (χ0v) is 16.0. The number of amides is 1. The van der Waals surface area contributed by atoms with Crippen molar-refractivity contribution < 1.29 is 9.72 Å². The minimum atomic E-state index is -0.448. The fourth-order valence-corrected chi connectivity index (χ4v) is 5.46. The van der Waals surface area contributed by atoms with Crippen molar-refractivity contribution in [3.05, 3.63) is 45.0 Å². The summed E-state index contributed by atoms with van der Waals surface area (Å²) < 4.78 is 0.748. The maximum atomic E-state index is 12.4. The second-order valence-corrected chi connectivity index (χ2v) is 9.03. The molecule has 9 heteroatoms. The number of carbonyl (C=O) groups excluding carboxylic acids is 1. The van der Waals surface area contributed by atoms with Gasteiger partial charge >= 0.3 is 0 Å². The number of thioether (sulfide) groups is 1. The highest BCUT2D eigenvalue weighted by molar-refractivity contribution is 8.01. The fraction of sp³-hybridized carbons (Fsp3) is 0.375. The zero-order valence-electron chi connectivity index (χ0n) is 13.6. The molecule has 1 aromatic heterocycles. The van der Waals surface area contributed by atoms with Gasteiger partial charge in [-0.1, -0.05) is 11.8 Å². The first-order chi connectivity index (χ1) is 12.0. The smallest absolute Gasteiger partial charge is 0.284 e. The quantitative estimate of drug-likeness (QED) is 0.605. The third-order valence-corrected chi connectivity index (χ3v) is 6.94. The highest BCUT2D eigenvalue weighted by atomic mass is 32.2. The van der Waals surface area contributed by atoms with Gasteiger partial charge in [0.25, 0.3) is 11.6 Å². The van der Waals surface area contributed by atoms with E-state index in [9.17, 15) is 14.9 Å². The topological polar surface area (TPSA) is 85.1 Å². The summed E-state index contributed by atoms with van der Waals surface area (Å²) in [6.45, 7) is 1.88. The van der Waals surface area contributed by atoms with Crippen molar-refractivity contribution in [1.82, 2.24) is 10.3 Å². The van der Waals surface area contributed by atoms with E-state index in [-0.39, 0.29) is 17.6 Å². The standard InChI is InChI=1S/C16H17N3O3S3/c1-10-9-24-16(17-10)25-14-3-2-11(8-13(14)19(21)22)15(20)18-12-4-6-23-7-5-12/h2-3,8-9,12H,4-7H2,1H3,(H,18,20). The van der Waals surface area contributed by atoms with Crippen molar-refractivity contribution in [3.63, 3.8) is 0 Å². The van der Waals surface area contributed by atoms with Crippen LogP contribution in [0.25, 0.3) is 0 Å². The highest BCUT2D eigenvalue weighted by Gasteiger charge is 2.21. The Morgan fingerprint density at radius 3 is 2.80 bits per heavy atom. The van der Waals surface area contributed by atoms with Crippen molar-refractivity contribution in [1.29, 1.82) is 0 Å². The lowest BCUT2D eigenvalue weighted by atomic mass is 10.1. The third kappa shape index (κ3) is 4.74. The Morgan fingerprint density at radius 2 is 2.16 bits per heavy atom. The monoisotopic (exact) mass is 395 g/mol. The Hall–Kier alpha value is -1.58. The second-order valence-electron chi connectivity index (χ2n) is 5.66. The number of carbonyl (C=O) groups is 1. The third-order valence-electron chi connectivity index (χ3n) is 3.77. The predicted octanol–water partition coefficient (Wildman–Crippen LogP) is 4.14. The molecule has 1 aliphatic heterocycles. The molecule has 6 nitrogen and oxygen atoms in total. The second kappa shape index (κ2) is 8.20. The molecule has 0 saturated carbocycles. The van der Waals surface area contributed by atoms with Crippen LogP contribution in [0.4, 0.5) is 5.69 Å². The Kier molecular flexibility index (Phi) is 5.98. The summed E-state index contributed by atoms with van der Waals surface area (Å²) in [4.78, 5) is 28.2. The van der Waals surface area contributed by atoms with Crippen LogP contribution in [0, 0.1) is 17.0 Å². The molecule has 0 unspecified atom stereocenters. The number of nitrogens with one attached hydrogen (secondary N) is 1. The molecule has 0 aliphatic carbocycles. The molecule has 2 heterocycles. The lowest BCUT2D eigenvalue weighted by Gasteiger charge is -2.22. The predicted molar refractivity (Wildman–Crippen MR) is 102 cm³/mol. The Bertz CT molecular complexity index is 788. The van der Waals surface area contributed by atoms with E-state index in [2.05, 4.69) is 10.3 Å². The zero-order chi connectivity index (χ0) is 17.8. The number of nitrogens with zero attached hydrogens (tertiary/aromatic N) is 2. The van der Waals surface area contributed by atoms with E-state index in [1.54, 1.807) is 12.1 Å². The first-order valence-corrected chi connectivity index (χ1v) is 10.6. The van der Waals surface area contributed by atoms with Crippen LogP contribution in [-0.4, -0.2) is 33.4 Å². The van der Waals surface area contributed by atoms with E-state index in [4.69, 9.17) is 0 Å². The number of nitro benzene ring substituents is 1. The van der Waals surface area contributed by atoms with Gasteiger partial charge in [0.05, 0.1) is 9.82 Å². The van der Waals surface area contributed by atoms with Crippen LogP contribution in [0.1, 0.15) is 28.9 Å². The first-order valence-electron chi connectivity index (χ1n) is 7.80. The minimum absolute atomic E-state index is 0.0651. The van der Waals surface area contributed by atoms with E-state index in [1.807, 2.05) is 24.1 Å². The molecule has 1 N–H and O–H groups in total. The normalized spacial score (nSPS) is 15.1. The maximum absolute atomic E-state index is 12.4. The molecule has 132 valence electrons. The largest absolute Gasteiger partial charge is 0.349 e. The first kappa shape index (κ1) is 18.2. The van der Waals surface area contributed by atoms with E-state index >= 15 is 0 Å². The number of hydrogen-bond acceptors (Lipinski definition) is 7. The lowest BCUT2D eigenvalue weighted by molar-refractivity contribution is -0.387. The molecule has 2 aromatic rings. The summed E-state index contributed by atoms with van der Waals surface area (Å²) in [5.74, 6) is 1.82. The minimum Gasteiger partial charge on any atom is -0.349 e. The van der Waals surface area contributed by atoms with Gasteiger partial charge in [-0.25, -0.2) is 4.98 Å². The molecule has 1 fully saturated rings. The van der Waals surface area contributed by atoms with Crippen LogP contribution < -0.4 is 5.32 Å². The maximum Gasteiger partial charge on any atom is 0.284 e. The van der Waals surface area contributed by atoms with Gasteiger partial charge in [-0.15, -0.1) is 11.3 Å². The van der Waals surface area contributed by atoms with Crippen molar-refractivity contribution in [2.45, 2.75) is 35.0 Å². The van der Waals surface area contributed by atoms with Gasteiger partial charge in [0.1, 0.15) is 0 Å². The average molecular weight is 396 g/mol. The van der Waals surface area contributed by atoms with Crippen LogP contribution in [0.2, 0.25) is 0 Å². The number of hydrogen-bond donors (Lipinski definition) is 1. The molecular formula is C16H17N3O3S3. The SMILES string of the molecule is Cc1csc(Sc2ccc(C(=O)NC3CCSCC3)cc2[N+](=O)[O-])n1. The number of thiazole rings is 1. The van der Waals surface area contributed by atoms with Crippen LogP contribution in [0.3, 0.4) is 0 Å². The molecule has 1 aromatic carbocycles. The highest BCUT2D eigenvalue weighted by Crippen LogP contribution is 2.36. The molecule has 1 aliphatic rings. The summed E-state index contributed by atoms with van der Waals surface area (Å²) in [7, 11) is 0. The van der Waals surface area contributed by atoms with Crippen molar-refractivity contribution in [2.75, 3.05) is 11.5 Å². The van der Waals surface area contributed by atoms with Crippen molar-refractivity contribution in [2.24, 2.45) is 0 Å². The average Bonchev–Trinajstić information content (AvgIpc) is 3.00. The van der Waals surface area contributed by atoms with Gasteiger partial charge in [0.15, 0.2) is 4.34 Å². The molecule has 3 rings (SSSR count). The summed E-state index contributed by atoms with van der Waals surface area (Å²) in [5, 5.41) is 16.3. The van der Waals surface area contributed by atoms with E-state index in [0.29, 0.717) is 10.5 Å². The molecule has 0 spiro atoms. The van der Waals surface area contributed by atoms with Crippen LogP contribution in [0.5, 0.6) is 0 Å². The molecule has 1 saturated heterocycles. The van der Waals surface area contributed by atoms with Crippen molar-refractivity contribution in [3.8, 4) is 0 Å². The van der Waals surface area contributed by atoms with Gasteiger partial charge < -0.3 is 5.32 Å². The number of rotatable bonds is 5. The fourth-order valence-electron chi connectivity index (χ4n) is 2.47. The Labute approximate surface area is 158 Å². The number of aryl methyl sites for hydroxylation is 1. The number of benzene rings is 1. The summed E-state index contributed by atoms with van der Waals surface area (Å²) in [6, 6.07) is 4.78. The van der Waals surface area contributed by atoms with Gasteiger partial charge in [0, 0.05) is 28.7 Å². The summed E-state index contributed by atoms with van der Waals surface area (Å²) >= 11 is 4.58. The Morgan fingerprint density at radius 1 is 1.40 bits per heavy atom. The molecular weight excluding hydrogens is 378 g/mol. The van der Waals surface area contributed by atoms with Gasteiger partial charge in [0.2, 0.25) is 0 Å². The summed E-state index contributed by atoms with van der Waals surface area (Å²) in [6.07, 6.45) is 1.88. The summed E-state index contributed by atoms with van der Waals surface area (Å²) in [5.41, 5.74) is 1.14. The van der Waals surface area contributed by atoms with Crippen LogP contribution in [-0.2, 0) is 0 Å².